The van der Waals surface area contributed by atoms with E-state index in [1.807, 2.05) is 42.7 Å². The van der Waals surface area contributed by atoms with E-state index in [1.54, 1.807) is 26.5 Å². The first-order valence-corrected chi connectivity index (χ1v) is 9.88. The van der Waals surface area contributed by atoms with Crippen molar-refractivity contribution >= 4 is 11.9 Å². The van der Waals surface area contributed by atoms with Gasteiger partial charge in [0, 0.05) is 23.0 Å². The van der Waals surface area contributed by atoms with Crippen LogP contribution < -0.4 is 19.6 Å². The molecular weight excluding hydrogens is 412 g/mol. The van der Waals surface area contributed by atoms with Crippen molar-refractivity contribution in [2.45, 2.75) is 20.4 Å². The zero-order valence-electron chi connectivity index (χ0n) is 18.7. The molecule has 9 nitrogen and oxygen atoms in total. The summed E-state index contributed by atoms with van der Waals surface area (Å²) in [6, 6.07) is 12.3. The molecule has 0 aliphatic carbocycles. The second kappa shape index (κ2) is 9.86. The fourth-order valence-corrected chi connectivity index (χ4v) is 3.50. The number of hydrogen-bond donors (Lipinski definition) is 1. The standard InChI is InChI=1S/C23H26N4O5/c1-15-10-18(14-25-24-13-17-6-9-21(30-3)23(11-17)32-5)16(2)26(15)20-8-7-19(27(28)29)12-22(20)31-4/h6-12,14,24H,13H2,1-5H3/b25-14+. The van der Waals surface area contributed by atoms with Crippen molar-refractivity contribution in [3.63, 3.8) is 0 Å². The molecule has 3 aromatic rings. The minimum atomic E-state index is -0.441. The van der Waals surface area contributed by atoms with Crippen LogP contribution in [0.15, 0.2) is 47.6 Å². The summed E-state index contributed by atoms with van der Waals surface area (Å²) < 4.78 is 18.0. The van der Waals surface area contributed by atoms with E-state index in [2.05, 4.69) is 10.5 Å². The van der Waals surface area contributed by atoms with Gasteiger partial charge in [0.1, 0.15) is 5.75 Å². The van der Waals surface area contributed by atoms with Crippen LogP contribution in [0.5, 0.6) is 17.2 Å². The van der Waals surface area contributed by atoms with Crippen LogP contribution in [0.3, 0.4) is 0 Å². The molecule has 0 saturated heterocycles. The van der Waals surface area contributed by atoms with Crippen molar-refractivity contribution in [3.8, 4) is 22.9 Å². The number of benzene rings is 2. The molecule has 0 radical (unpaired) electrons. The van der Waals surface area contributed by atoms with E-state index >= 15 is 0 Å². The fourth-order valence-electron chi connectivity index (χ4n) is 3.50. The van der Waals surface area contributed by atoms with Gasteiger partial charge in [-0.25, -0.2) is 0 Å². The van der Waals surface area contributed by atoms with E-state index in [1.165, 1.54) is 19.2 Å². The van der Waals surface area contributed by atoms with Gasteiger partial charge < -0.3 is 24.2 Å². The molecule has 168 valence electrons. The molecule has 0 aliphatic heterocycles. The molecule has 2 aromatic carbocycles. The predicted octanol–water partition coefficient (Wildman–Crippen LogP) is 4.15. The van der Waals surface area contributed by atoms with Gasteiger partial charge >= 0.3 is 0 Å². The zero-order valence-corrected chi connectivity index (χ0v) is 18.7. The number of aromatic nitrogens is 1. The number of rotatable bonds is 9. The number of aryl methyl sites for hydroxylation is 1. The molecule has 0 spiro atoms. The van der Waals surface area contributed by atoms with Crippen LogP contribution in [0.25, 0.3) is 5.69 Å². The first-order valence-electron chi connectivity index (χ1n) is 9.88. The van der Waals surface area contributed by atoms with E-state index in [9.17, 15) is 10.1 Å². The lowest BCUT2D eigenvalue weighted by molar-refractivity contribution is -0.384. The molecule has 0 saturated carbocycles. The number of hydrazone groups is 1. The van der Waals surface area contributed by atoms with Gasteiger partial charge in [0.05, 0.1) is 50.8 Å². The van der Waals surface area contributed by atoms with Crippen LogP contribution in [0.4, 0.5) is 5.69 Å². The maximum Gasteiger partial charge on any atom is 0.273 e. The third kappa shape index (κ3) is 4.66. The van der Waals surface area contributed by atoms with Gasteiger partial charge in [-0.15, -0.1) is 0 Å². The number of nitrogens with one attached hydrogen (secondary N) is 1. The number of ether oxygens (including phenoxy) is 3. The Hall–Kier alpha value is -4.01. The van der Waals surface area contributed by atoms with Gasteiger partial charge in [-0.3, -0.25) is 10.1 Å². The molecule has 32 heavy (non-hydrogen) atoms. The molecule has 1 aromatic heterocycles. The summed E-state index contributed by atoms with van der Waals surface area (Å²) in [5.41, 5.74) is 7.56. The van der Waals surface area contributed by atoms with E-state index in [-0.39, 0.29) is 5.69 Å². The second-order valence-corrected chi connectivity index (χ2v) is 7.06. The van der Waals surface area contributed by atoms with Crippen molar-refractivity contribution in [3.05, 3.63) is 75.1 Å². The summed E-state index contributed by atoms with van der Waals surface area (Å²) in [4.78, 5) is 10.6. The summed E-state index contributed by atoms with van der Waals surface area (Å²) in [7, 11) is 4.70. The molecule has 0 fully saturated rings. The molecule has 0 atom stereocenters. The molecule has 0 amide bonds. The Morgan fingerprint density at radius 3 is 2.38 bits per heavy atom. The van der Waals surface area contributed by atoms with Gasteiger partial charge in [-0.2, -0.15) is 5.10 Å². The van der Waals surface area contributed by atoms with Gasteiger partial charge in [-0.05, 0) is 43.7 Å². The van der Waals surface area contributed by atoms with E-state index in [0.29, 0.717) is 23.8 Å². The molecular formula is C23H26N4O5. The van der Waals surface area contributed by atoms with E-state index in [0.717, 1.165) is 28.2 Å². The van der Waals surface area contributed by atoms with Crippen molar-refractivity contribution in [2.75, 3.05) is 21.3 Å². The van der Waals surface area contributed by atoms with Crippen LogP contribution in [0.2, 0.25) is 0 Å². The lowest BCUT2D eigenvalue weighted by Crippen LogP contribution is -2.06. The Morgan fingerprint density at radius 2 is 1.72 bits per heavy atom. The molecule has 0 bridgehead atoms. The van der Waals surface area contributed by atoms with Crippen LogP contribution in [0.1, 0.15) is 22.5 Å². The first-order chi connectivity index (χ1) is 15.4. The number of nitro groups is 1. The highest BCUT2D eigenvalue weighted by Gasteiger charge is 2.17. The fraction of sp³-hybridized carbons (Fsp3) is 0.261. The topological polar surface area (TPSA) is 100 Å². The predicted molar refractivity (Wildman–Crippen MR) is 122 cm³/mol. The highest BCUT2D eigenvalue weighted by molar-refractivity contribution is 5.82. The van der Waals surface area contributed by atoms with Gasteiger partial charge in [0.15, 0.2) is 11.5 Å². The highest BCUT2D eigenvalue weighted by atomic mass is 16.6. The van der Waals surface area contributed by atoms with E-state index < -0.39 is 4.92 Å². The van der Waals surface area contributed by atoms with Crippen molar-refractivity contribution < 1.29 is 19.1 Å². The van der Waals surface area contributed by atoms with Crippen LogP contribution in [-0.2, 0) is 6.54 Å². The zero-order chi connectivity index (χ0) is 23.3. The van der Waals surface area contributed by atoms with E-state index in [4.69, 9.17) is 14.2 Å². The minimum absolute atomic E-state index is 0.0192. The van der Waals surface area contributed by atoms with Gasteiger partial charge in [0.25, 0.3) is 5.69 Å². The Morgan fingerprint density at radius 1 is 1.00 bits per heavy atom. The number of methoxy groups -OCH3 is 3. The normalized spacial score (nSPS) is 10.9. The average molecular weight is 438 g/mol. The minimum Gasteiger partial charge on any atom is -0.494 e. The molecule has 0 unspecified atom stereocenters. The highest BCUT2D eigenvalue weighted by Crippen LogP contribution is 2.31. The summed E-state index contributed by atoms with van der Waals surface area (Å²) >= 11 is 0. The lowest BCUT2D eigenvalue weighted by atomic mass is 10.2. The number of nitrogens with zero attached hydrogens (tertiary/aromatic N) is 3. The third-order valence-electron chi connectivity index (χ3n) is 5.11. The molecule has 3 rings (SSSR count). The SMILES string of the molecule is COc1ccc(CN/N=C/c2cc(C)n(-c3ccc([N+](=O)[O-])cc3OC)c2C)cc1OC. The number of non-ortho nitro benzene ring substituents is 1. The average Bonchev–Trinajstić information content (AvgIpc) is 3.08. The Labute approximate surface area is 186 Å². The third-order valence-corrected chi connectivity index (χ3v) is 5.11. The molecule has 9 heteroatoms. The Balaban J connectivity index is 1.78. The Kier molecular flexibility index (Phi) is 6.99. The van der Waals surface area contributed by atoms with Crippen LogP contribution in [-0.4, -0.2) is 37.0 Å². The number of nitro benzene ring substituents is 1. The summed E-state index contributed by atoms with van der Waals surface area (Å²) in [6.07, 6.45) is 1.75. The van der Waals surface area contributed by atoms with Crippen LogP contribution in [0, 0.1) is 24.0 Å². The molecule has 0 aliphatic rings. The quantitative estimate of drug-likeness (QED) is 0.306. The van der Waals surface area contributed by atoms with Crippen molar-refractivity contribution in [1.82, 2.24) is 9.99 Å². The first kappa shape index (κ1) is 22.7. The largest absolute Gasteiger partial charge is 0.494 e. The van der Waals surface area contributed by atoms with Gasteiger partial charge in [0.2, 0.25) is 0 Å². The molecule has 1 heterocycles. The second-order valence-electron chi connectivity index (χ2n) is 7.06. The summed E-state index contributed by atoms with van der Waals surface area (Å²) in [5, 5.41) is 15.4. The van der Waals surface area contributed by atoms with Crippen LogP contribution >= 0.6 is 0 Å². The van der Waals surface area contributed by atoms with Crippen molar-refractivity contribution in [1.29, 1.82) is 0 Å². The maximum absolute atomic E-state index is 11.1. The maximum atomic E-state index is 11.1. The van der Waals surface area contributed by atoms with Gasteiger partial charge in [-0.1, -0.05) is 6.07 Å². The smallest absolute Gasteiger partial charge is 0.273 e. The summed E-state index contributed by atoms with van der Waals surface area (Å²) in [6.45, 7) is 4.44. The Bertz CT molecular complexity index is 1150. The lowest BCUT2D eigenvalue weighted by Gasteiger charge is -2.13. The number of hydrogen-bond acceptors (Lipinski definition) is 7. The van der Waals surface area contributed by atoms with Crippen molar-refractivity contribution in [2.24, 2.45) is 5.10 Å². The summed E-state index contributed by atoms with van der Waals surface area (Å²) in [5.74, 6) is 1.77. The molecule has 1 N–H and O–H groups in total. The monoisotopic (exact) mass is 438 g/mol.